The highest BCUT2D eigenvalue weighted by Gasteiger charge is 2.37. The summed E-state index contributed by atoms with van der Waals surface area (Å²) in [6.45, 7) is 0. The molecule has 0 saturated heterocycles. The maximum atomic E-state index is 5.85. The molecule has 0 fully saturated rings. The molecule has 0 saturated carbocycles. The lowest BCUT2D eigenvalue weighted by molar-refractivity contribution is 0.920. The molecule has 2 aliphatic heterocycles. The summed E-state index contributed by atoms with van der Waals surface area (Å²) in [6, 6.07) is 0. The van der Waals surface area contributed by atoms with Gasteiger partial charge < -0.3 is 0 Å². The molecule has 0 radical (unpaired) electrons. The maximum Gasteiger partial charge on any atom is 0.0780 e. The number of hydrogen-bond acceptors (Lipinski definition) is 5. The minimum atomic E-state index is -1.46. The molecule has 4 rings (SSSR count). The molecule has 0 spiro atoms. The van der Waals surface area contributed by atoms with Gasteiger partial charge in [-0.3, -0.25) is 0 Å². The number of hydrogen-bond donors (Lipinski definition) is 0. The minimum Gasteiger partial charge on any atom is -0.0846 e. The topological polar surface area (TPSA) is 0 Å². The summed E-state index contributed by atoms with van der Waals surface area (Å²) in [7, 11) is -1.46. The summed E-state index contributed by atoms with van der Waals surface area (Å²) < 4.78 is 2.82. The second-order valence-corrected chi connectivity index (χ2v) is 14.2. The van der Waals surface area contributed by atoms with Crippen LogP contribution in [-0.4, -0.2) is 0 Å². The Morgan fingerprint density at radius 1 is 0.778 bits per heavy atom. The molecule has 0 unspecified atom stereocenters. The van der Waals surface area contributed by atoms with Gasteiger partial charge in [-0.15, -0.1) is 0 Å². The van der Waals surface area contributed by atoms with Crippen molar-refractivity contribution in [1.82, 2.24) is 0 Å². The lowest BCUT2D eigenvalue weighted by Gasteiger charge is -2.11. The molecule has 0 atom stereocenters. The van der Waals surface area contributed by atoms with Crippen LogP contribution >= 0.6 is 35.3 Å². The third-order valence-corrected chi connectivity index (χ3v) is 13.8. The van der Waals surface area contributed by atoms with E-state index in [-0.39, 0.29) is 0 Å². The molecule has 0 aromatic rings. The van der Waals surface area contributed by atoms with E-state index in [1.54, 1.807) is 9.81 Å². The SMILES string of the molecule is S=S1(=S)C2=C(CCC2)SC1=C1SC2=C(CCC2)S1. The zero-order valence-electron chi connectivity index (χ0n) is 9.69. The minimum absolute atomic E-state index is 1.17. The summed E-state index contributed by atoms with van der Waals surface area (Å²) in [5.74, 6) is 0. The molecule has 2 heterocycles. The van der Waals surface area contributed by atoms with Gasteiger partial charge in [-0.2, -0.15) is 0 Å². The van der Waals surface area contributed by atoms with Crippen LogP contribution in [0.15, 0.2) is 28.1 Å². The van der Waals surface area contributed by atoms with Crippen molar-refractivity contribution in [2.75, 3.05) is 0 Å². The second-order valence-electron chi connectivity index (χ2n) is 4.78. The summed E-state index contributed by atoms with van der Waals surface area (Å²) in [6.07, 6.45) is 7.56. The van der Waals surface area contributed by atoms with Gasteiger partial charge in [0.2, 0.25) is 0 Å². The van der Waals surface area contributed by atoms with E-state index in [4.69, 9.17) is 22.4 Å². The first kappa shape index (κ1) is 12.8. The average molecular weight is 349 g/mol. The Hall–Kier alpha value is 1.06. The van der Waals surface area contributed by atoms with Gasteiger partial charge in [0.05, 0.1) is 8.47 Å². The fourth-order valence-electron chi connectivity index (χ4n) is 2.74. The molecule has 96 valence electrons. The van der Waals surface area contributed by atoms with Crippen molar-refractivity contribution in [2.24, 2.45) is 0 Å². The first-order valence-corrected chi connectivity index (χ1v) is 12.1. The predicted molar refractivity (Wildman–Crippen MR) is 93.6 cm³/mol. The molecule has 2 aliphatic carbocycles. The van der Waals surface area contributed by atoms with Crippen LogP contribution in [-0.2, 0) is 29.5 Å². The van der Waals surface area contributed by atoms with E-state index in [2.05, 4.69) is 0 Å². The van der Waals surface area contributed by atoms with Gasteiger partial charge in [0.1, 0.15) is 0 Å². The predicted octanol–water partition coefficient (Wildman–Crippen LogP) is 5.21. The van der Waals surface area contributed by atoms with Gasteiger partial charge in [-0.05, 0) is 68.0 Å². The lowest BCUT2D eigenvalue weighted by Crippen LogP contribution is -1.96. The average Bonchev–Trinajstić information content (AvgIpc) is 3.00. The third-order valence-electron chi connectivity index (χ3n) is 3.62. The molecule has 18 heavy (non-hydrogen) atoms. The Labute approximate surface area is 130 Å². The van der Waals surface area contributed by atoms with Gasteiger partial charge in [0.15, 0.2) is 0 Å². The Bertz CT molecular complexity index is 613. The van der Waals surface area contributed by atoms with Crippen LogP contribution in [0.25, 0.3) is 0 Å². The molecular weight excluding hydrogens is 337 g/mol. The molecular formula is C12H12S6. The Morgan fingerprint density at radius 3 is 2.06 bits per heavy atom. The van der Waals surface area contributed by atoms with Gasteiger partial charge in [0.25, 0.3) is 0 Å². The van der Waals surface area contributed by atoms with Crippen molar-refractivity contribution in [2.45, 2.75) is 38.5 Å². The fourth-order valence-corrected chi connectivity index (χ4v) is 13.5. The van der Waals surface area contributed by atoms with E-state index in [1.807, 2.05) is 35.3 Å². The summed E-state index contributed by atoms with van der Waals surface area (Å²) >= 11 is 17.6. The second kappa shape index (κ2) is 4.53. The van der Waals surface area contributed by atoms with Crippen molar-refractivity contribution < 1.29 is 0 Å². The van der Waals surface area contributed by atoms with Crippen molar-refractivity contribution in [1.29, 1.82) is 0 Å². The van der Waals surface area contributed by atoms with Crippen LogP contribution in [0.2, 0.25) is 0 Å². The van der Waals surface area contributed by atoms with E-state index in [0.717, 1.165) is 0 Å². The quantitative estimate of drug-likeness (QED) is 0.587. The van der Waals surface area contributed by atoms with Crippen LogP contribution in [0.3, 0.4) is 0 Å². The Balaban J connectivity index is 1.73. The molecule has 0 amide bonds. The molecule has 0 nitrogen and oxygen atoms in total. The first-order chi connectivity index (χ1) is 8.66. The van der Waals surface area contributed by atoms with Gasteiger partial charge >= 0.3 is 0 Å². The highest BCUT2D eigenvalue weighted by molar-refractivity contribution is 8.64. The first-order valence-electron chi connectivity index (χ1n) is 6.13. The summed E-state index contributed by atoms with van der Waals surface area (Å²) in [5, 5.41) is 0. The summed E-state index contributed by atoms with van der Waals surface area (Å²) in [5.41, 5.74) is 0. The molecule has 0 aromatic heterocycles. The fraction of sp³-hybridized carbons (Fsp3) is 0.500. The molecule has 0 bridgehead atoms. The Morgan fingerprint density at radius 2 is 1.39 bits per heavy atom. The number of rotatable bonds is 0. The van der Waals surface area contributed by atoms with E-state index in [0.29, 0.717) is 0 Å². The van der Waals surface area contributed by atoms with E-state index in [9.17, 15) is 0 Å². The van der Waals surface area contributed by atoms with Crippen molar-refractivity contribution in [3.8, 4) is 0 Å². The highest BCUT2D eigenvalue weighted by Crippen LogP contribution is 2.62. The maximum absolute atomic E-state index is 5.85. The highest BCUT2D eigenvalue weighted by atomic mass is 33.1. The van der Waals surface area contributed by atoms with Crippen molar-refractivity contribution in [3.05, 3.63) is 28.1 Å². The van der Waals surface area contributed by atoms with Crippen molar-refractivity contribution >= 4 is 64.8 Å². The van der Waals surface area contributed by atoms with Crippen LogP contribution in [0.5, 0.6) is 0 Å². The van der Waals surface area contributed by atoms with E-state index < -0.39 is 7.15 Å². The molecule has 0 aromatic carbocycles. The van der Waals surface area contributed by atoms with Crippen LogP contribution in [0, 0.1) is 0 Å². The van der Waals surface area contributed by atoms with Gasteiger partial charge in [-0.1, -0.05) is 35.3 Å². The normalized spacial score (nSPS) is 29.6. The third kappa shape index (κ3) is 1.83. The zero-order valence-corrected chi connectivity index (χ0v) is 14.6. The van der Waals surface area contributed by atoms with Gasteiger partial charge in [0, 0.05) is 19.6 Å². The van der Waals surface area contributed by atoms with E-state index >= 15 is 0 Å². The van der Waals surface area contributed by atoms with Gasteiger partial charge in [-0.25, -0.2) is 0 Å². The largest absolute Gasteiger partial charge is 0.0846 e. The van der Waals surface area contributed by atoms with Crippen LogP contribution < -0.4 is 0 Å². The standard InChI is InChI=1S/C12H12S6/c13-18(14)10-6-2-5-9(10)17-12(18)11-15-7-3-1-4-8(7)16-11/h1-6H2. The number of thioether (sulfide) groups is 3. The molecule has 6 heteroatoms. The summed E-state index contributed by atoms with van der Waals surface area (Å²) in [4.78, 5) is 6.21. The Kier molecular flexibility index (Phi) is 3.22. The zero-order chi connectivity index (χ0) is 12.3. The van der Waals surface area contributed by atoms with Crippen LogP contribution in [0.4, 0.5) is 0 Å². The number of allylic oxidation sites excluding steroid dienone is 4. The smallest absolute Gasteiger partial charge is 0.0780 e. The van der Waals surface area contributed by atoms with E-state index in [1.165, 1.54) is 56.8 Å². The van der Waals surface area contributed by atoms with Crippen molar-refractivity contribution in [3.63, 3.8) is 0 Å². The molecule has 0 N–H and O–H groups in total. The monoisotopic (exact) mass is 348 g/mol. The molecule has 4 aliphatic rings. The lowest BCUT2D eigenvalue weighted by atomic mass is 10.4. The van der Waals surface area contributed by atoms with Crippen LogP contribution in [0.1, 0.15) is 38.5 Å².